The van der Waals surface area contributed by atoms with Gasteiger partial charge in [-0.15, -0.1) is 6.42 Å². The van der Waals surface area contributed by atoms with Crippen molar-refractivity contribution in [3.8, 4) is 23.8 Å². The lowest BCUT2D eigenvalue weighted by Gasteiger charge is -2.12. The first-order chi connectivity index (χ1) is 9.24. The van der Waals surface area contributed by atoms with Gasteiger partial charge in [-0.1, -0.05) is 12.0 Å². The number of hydrogen-bond acceptors (Lipinski definition) is 3. The Morgan fingerprint density at radius 2 is 2.21 bits per heavy atom. The third-order valence-electron chi connectivity index (χ3n) is 2.46. The molecule has 0 aromatic heterocycles. The zero-order valence-corrected chi connectivity index (χ0v) is 11.5. The Kier molecular flexibility index (Phi) is 6.10. The van der Waals surface area contributed by atoms with Gasteiger partial charge in [0.25, 0.3) is 0 Å². The van der Waals surface area contributed by atoms with Gasteiger partial charge < -0.3 is 20.1 Å². The molecule has 0 spiro atoms. The van der Waals surface area contributed by atoms with E-state index in [1.807, 2.05) is 25.2 Å². The fourth-order valence-electron chi connectivity index (χ4n) is 1.53. The van der Waals surface area contributed by atoms with Crippen LogP contribution in [0.2, 0.25) is 0 Å². The lowest BCUT2D eigenvalue weighted by atomic mass is 10.2. The number of benzene rings is 1. The molecule has 0 amide bonds. The van der Waals surface area contributed by atoms with Crippen LogP contribution in [0.5, 0.6) is 11.5 Å². The molecular weight excluding hydrogens is 242 g/mol. The zero-order chi connectivity index (χ0) is 14.1. The Morgan fingerprint density at radius 1 is 1.42 bits per heavy atom. The second-order valence-electron chi connectivity index (χ2n) is 3.65. The fourth-order valence-corrected chi connectivity index (χ4v) is 1.53. The van der Waals surface area contributed by atoms with Crippen LogP contribution in [-0.2, 0) is 6.54 Å². The molecule has 1 aromatic rings. The summed E-state index contributed by atoms with van der Waals surface area (Å²) in [5, 5.41) is 6.11. The Labute approximate surface area is 114 Å². The maximum absolute atomic E-state index is 5.44. The van der Waals surface area contributed by atoms with Crippen molar-refractivity contribution in [1.29, 1.82) is 0 Å². The molecule has 0 atom stereocenters. The van der Waals surface area contributed by atoms with E-state index in [1.165, 1.54) is 0 Å². The molecule has 0 aliphatic heterocycles. The summed E-state index contributed by atoms with van der Waals surface area (Å²) in [5.41, 5.74) is 1.05. The topological polar surface area (TPSA) is 54.9 Å². The second kappa shape index (κ2) is 7.88. The van der Waals surface area contributed by atoms with Crippen LogP contribution in [0, 0.1) is 12.3 Å². The number of guanidine groups is 1. The van der Waals surface area contributed by atoms with E-state index < -0.39 is 0 Å². The van der Waals surface area contributed by atoms with E-state index in [4.69, 9.17) is 15.9 Å². The first-order valence-electron chi connectivity index (χ1n) is 5.86. The summed E-state index contributed by atoms with van der Waals surface area (Å²) in [6.07, 6.45) is 5.19. The Morgan fingerprint density at radius 3 is 2.79 bits per heavy atom. The van der Waals surface area contributed by atoms with Crippen LogP contribution in [0.15, 0.2) is 23.2 Å². The lowest BCUT2D eigenvalue weighted by Crippen LogP contribution is -2.34. The second-order valence-corrected chi connectivity index (χ2v) is 3.65. The Bertz CT molecular complexity index is 478. The van der Waals surface area contributed by atoms with Gasteiger partial charge in [0.05, 0.1) is 7.11 Å². The van der Waals surface area contributed by atoms with Crippen molar-refractivity contribution in [3.63, 3.8) is 0 Å². The quantitative estimate of drug-likeness (QED) is 0.472. The molecule has 1 aromatic carbocycles. The normalized spacial score (nSPS) is 10.5. The first-order valence-corrected chi connectivity index (χ1v) is 5.86. The van der Waals surface area contributed by atoms with Crippen molar-refractivity contribution < 1.29 is 9.47 Å². The van der Waals surface area contributed by atoms with Crippen molar-refractivity contribution in [3.05, 3.63) is 23.8 Å². The molecule has 0 bridgehead atoms. The number of methoxy groups -OCH3 is 1. The van der Waals surface area contributed by atoms with Crippen LogP contribution in [-0.4, -0.2) is 33.8 Å². The average molecular weight is 261 g/mol. The molecule has 0 fully saturated rings. The number of ether oxygens (including phenoxy) is 2. The minimum absolute atomic E-state index is 0.214. The van der Waals surface area contributed by atoms with Crippen molar-refractivity contribution in [1.82, 2.24) is 10.6 Å². The summed E-state index contributed by atoms with van der Waals surface area (Å²) in [7, 11) is 5.12. The Hall–Kier alpha value is -2.35. The van der Waals surface area contributed by atoms with Gasteiger partial charge in [-0.05, 0) is 17.7 Å². The van der Waals surface area contributed by atoms with Gasteiger partial charge in [-0.3, -0.25) is 4.99 Å². The SMILES string of the molecule is C#CCOc1cc(CNC(=NC)NC)ccc1OC. The molecule has 5 heteroatoms. The van der Waals surface area contributed by atoms with Crippen LogP contribution in [0.4, 0.5) is 0 Å². The van der Waals surface area contributed by atoms with Gasteiger partial charge in [0.1, 0.15) is 6.61 Å². The van der Waals surface area contributed by atoms with E-state index in [1.54, 1.807) is 14.2 Å². The molecule has 0 radical (unpaired) electrons. The molecule has 0 saturated carbocycles. The predicted octanol–water partition coefficient (Wildman–Crippen LogP) is 1.00. The van der Waals surface area contributed by atoms with Crippen molar-refractivity contribution in [2.24, 2.45) is 4.99 Å². The standard InChI is InChI=1S/C14H19N3O2/c1-5-8-19-13-9-11(6-7-12(13)18-4)10-17-14(15-2)16-3/h1,6-7,9H,8,10H2,2-4H3,(H2,15,16,17). The predicted molar refractivity (Wildman–Crippen MR) is 76.6 cm³/mol. The molecule has 0 unspecified atom stereocenters. The van der Waals surface area contributed by atoms with Crippen LogP contribution in [0.25, 0.3) is 0 Å². The fraction of sp³-hybridized carbons (Fsp3) is 0.357. The van der Waals surface area contributed by atoms with Crippen LogP contribution < -0.4 is 20.1 Å². The van der Waals surface area contributed by atoms with Crippen LogP contribution >= 0.6 is 0 Å². The highest BCUT2D eigenvalue weighted by atomic mass is 16.5. The minimum Gasteiger partial charge on any atom is -0.493 e. The molecular formula is C14H19N3O2. The number of aliphatic imine (C=N–C) groups is 1. The summed E-state index contributed by atoms with van der Waals surface area (Å²) < 4.78 is 10.7. The molecule has 0 aliphatic rings. The van der Waals surface area contributed by atoms with Gasteiger partial charge in [-0.25, -0.2) is 0 Å². The summed E-state index contributed by atoms with van der Waals surface area (Å²) in [6, 6.07) is 5.70. The maximum Gasteiger partial charge on any atom is 0.190 e. The zero-order valence-electron chi connectivity index (χ0n) is 11.5. The molecule has 1 rings (SSSR count). The lowest BCUT2D eigenvalue weighted by molar-refractivity contribution is 0.330. The summed E-state index contributed by atoms with van der Waals surface area (Å²) in [6.45, 7) is 0.843. The van der Waals surface area contributed by atoms with Crippen molar-refractivity contribution in [2.45, 2.75) is 6.54 Å². The van der Waals surface area contributed by atoms with E-state index in [-0.39, 0.29) is 6.61 Å². The Balaban J connectivity index is 2.77. The monoisotopic (exact) mass is 261 g/mol. The van der Waals surface area contributed by atoms with Gasteiger partial charge in [0.2, 0.25) is 0 Å². The number of nitrogens with zero attached hydrogens (tertiary/aromatic N) is 1. The average Bonchev–Trinajstić information content (AvgIpc) is 2.46. The molecule has 0 aliphatic carbocycles. The highest BCUT2D eigenvalue weighted by molar-refractivity contribution is 5.79. The first kappa shape index (κ1) is 14.7. The molecule has 19 heavy (non-hydrogen) atoms. The van der Waals surface area contributed by atoms with Crippen LogP contribution in [0.3, 0.4) is 0 Å². The molecule has 102 valence electrons. The van der Waals surface area contributed by atoms with E-state index in [2.05, 4.69) is 21.5 Å². The van der Waals surface area contributed by atoms with Gasteiger partial charge in [0.15, 0.2) is 17.5 Å². The van der Waals surface area contributed by atoms with Gasteiger partial charge in [0, 0.05) is 20.6 Å². The number of rotatable bonds is 5. The number of nitrogens with one attached hydrogen (secondary N) is 2. The van der Waals surface area contributed by atoms with Gasteiger partial charge >= 0.3 is 0 Å². The number of hydrogen-bond donors (Lipinski definition) is 2. The van der Waals surface area contributed by atoms with Crippen molar-refractivity contribution in [2.75, 3.05) is 27.8 Å². The van der Waals surface area contributed by atoms with E-state index >= 15 is 0 Å². The molecule has 0 saturated heterocycles. The maximum atomic E-state index is 5.44. The molecule has 0 heterocycles. The summed E-state index contributed by atoms with van der Waals surface area (Å²) >= 11 is 0. The third kappa shape index (κ3) is 4.43. The van der Waals surface area contributed by atoms with E-state index in [9.17, 15) is 0 Å². The molecule has 2 N–H and O–H groups in total. The van der Waals surface area contributed by atoms with Crippen molar-refractivity contribution >= 4 is 5.96 Å². The summed E-state index contributed by atoms with van der Waals surface area (Å²) in [4.78, 5) is 4.04. The largest absolute Gasteiger partial charge is 0.493 e. The summed E-state index contributed by atoms with van der Waals surface area (Å²) in [5.74, 6) is 4.46. The van der Waals surface area contributed by atoms with Gasteiger partial charge in [-0.2, -0.15) is 0 Å². The highest BCUT2D eigenvalue weighted by Crippen LogP contribution is 2.27. The minimum atomic E-state index is 0.214. The highest BCUT2D eigenvalue weighted by Gasteiger charge is 2.05. The third-order valence-corrected chi connectivity index (χ3v) is 2.46. The molecule has 5 nitrogen and oxygen atoms in total. The van der Waals surface area contributed by atoms with E-state index in [0.29, 0.717) is 18.0 Å². The van der Waals surface area contributed by atoms with Crippen LogP contribution in [0.1, 0.15) is 5.56 Å². The number of terminal acetylenes is 1. The van der Waals surface area contributed by atoms with E-state index in [0.717, 1.165) is 11.5 Å². The smallest absolute Gasteiger partial charge is 0.190 e.